The van der Waals surface area contributed by atoms with Crippen LogP contribution in [0.15, 0.2) is 42.6 Å². The summed E-state index contributed by atoms with van der Waals surface area (Å²) in [6.45, 7) is 1.62. The van der Waals surface area contributed by atoms with Gasteiger partial charge >= 0.3 is 0 Å². The van der Waals surface area contributed by atoms with Gasteiger partial charge < -0.3 is 9.64 Å². The Labute approximate surface area is 135 Å². The molecular formula is C18H17N3O2. The Morgan fingerprint density at radius 1 is 1.22 bits per heavy atom. The lowest BCUT2D eigenvalue weighted by molar-refractivity contribution is 0.112. The number of hydrogen-bond donors (Lipinski definition) is 0. The van der Waals surface area contributed by atoms with Crippen LogP contribution < -0.4 is 9.64 Å². The summed E-state index contributed by atoms with van der Waals surface area (Å²) in [5.74, 6) is 1.54. The van der Waals surface area contributed by atoms with E-state index in [0.29, 0.717) is 11.1 Å². The first-order valence-corrected chi connectivity index (χ1v) is 7.62. The first kappa shape index (κ1) is 15.0. The molecule has 0 aliphatic carbocycles. The van der Waals surface area contributed by atoms with E-state index in [1.165, 1.54) is 0 Å². The molecule has 1 aliphatic heterocycles. The average molecular weight is 307 g/mol. The molecule has 2 heterocycles. The smallest absolute Gasteiger partial charge is 0.150 e. The molecule has 1 fully saturated rings. The second kappa shape index (κ2) is 6.93. The van der Waals surface area contributed by atoms with E-state index in [1.54, 1.807) is 30.5 Å². The van der Waals surface area contributed by atoms with Crippen molar-refractivity contribution < 1.29 is 9.53 Å². The number of aldehydes is 1. The first-order chi connectivity index (χ1) is 11.3. The highest BCUT2D eigenvalue weighted by Gasteiger charge is 2.23. The van der Waals surface area contributed by atoms with Crippen molar-refractivity contribution in [2.45, 2.75) is 18.9 Å². The van der Waals surface area contributed by atoms with Crippen molar-refractivity contribution in [2.24, 2.45) is 0 Å². The minimum absolute atomic E-state index is 0.141. The molecule has 1 aliphatic rings. The number of carbonyl (C=O) groups excluding carboxylic acids is 1. The van der Waals surface area contributed by atoms with Crippen LogP contribution in [-0.4, -0.2) is 30.5 Å². The Balaban J connectivity index is 1.60. The van der Waals surface area contributed by atoms with Crippen molar-refractivity contribution >= 4 is 12.1 Å². The second-order valence-corrected chi connectivity index (χ2v) is 5.48. The summed E-state index contributed by atoms with van der Waals surface area (Å²) in [5.41, 5.74) is 1.25. The van der Waals surface area contributed by atoms with Crippen LogP contribution in [0, 0.1) is 11.3 Å². The standard InChI is InChI=1S/C18H17N3O2/c19-12-15-2-1-9-20-18(15)21-10-7-17(8-11-21)23-16-5-3-14(13-22)4-6-16/h1-6,9,13,17H,7-8,10-11H2. The molecule has 0 bridgehead atoms. The van der Waals surface area contributed by atoms with Gasteiger partial charge in [0.05, 0.1) is 5.56 Å². The third-order valence-corrected chi connectivity index (χ3v) is 3.97. The first-order valence-electron chi connectivity index (χ1n) is 7.62. The molecule has 1 saturated heterocycles. The fourth-order valence-corrected chi connectivity index (χ4v) is 2.74. The summed E-state index contributed by atoms with van der Waals surface area (Å²) in [4.78, 5) is 17.1. The summed E-state index contributed by atoms with van der Waals surface area (Å²) in [5, 5.41) is 9.17. The third kappa shape index (κ3) is 3.49. The van der Waals surface area contributed by atoms with Crippen molar-refractivity contribution in [2.75, 3.05) is 18.0 Å². The predicted molar refractivity (Wildman–Crippen MR) is 86.6 cm³/mol. The van der Waals surface area contributed by atoms with Gasteiger partial charge in [-0.05, 0) is 36.4 Å². The lowest BCUT2D eigenvalue weighted by Crippen LogP contribution is -2.39. The van der Waals surface area contributed by atoms with Gasteiger partial charge in [0.25, 0.3) is 0 Å². The van der Waals surface area contributed by atoms with Gasteiger partial charge in [-0.15, -0.1) is 0 Å². The van der Waals surface area contributed by atoms with Crippen LogP contribution in [0.25, 0.3) is 0 Å². The lowest BCUT2D eigenvalue weighted by atomic mass is 10.1. The number of carbonyl (C=O) groups is 1. The van der Waals surface area contributed by atoms with Crippen LogP contribution in [0.3, 0.4) is 0 Å². The van der Waals surface area contributed by atoms with E-state index >= 15 is 0 Å². The zero-order valence-electron chi connectivity index (χ0n) is 12.7. The normalized spacial score (nSPS) is 15.0. The highest BCUT2D eigenvalue weighted by Crippen LogP contribution is 2.24. The Kier molecular flexibility index (Phi) is 4.53. The number of benzene rings is 1. The molecule has 23 heavy (non-hydrogen) atoms. The molecule has 5 nitrogen and oxygen atoms in total. The molecule has 0 radical (unpaired) electrons. The SMILES string of the molecule is N#Cc1cccnc1N1CCC(Oc2ccc(C=O)cc2)CC1. The van der Waals surface area contributed by atoms with Crippen molar-refractivity contribution in [1.82, 2.24) is 4.98 Å². The summed E-state index contributed by atoms with van der Waals surface area (Å²) in [7, 11) is 0. The number of rotatable bonds is 4. The molecule has 116 valence electrons. The van der Waals surface area contributed by atoms with Gasteiger partial charge in [0.2, 0.25) is 0 Å². The number of anilines is 1. The summed E-state index contributed by atoms with van der Waals surface area (Å²) in [6.07, 6.45) is 4.42. The number of ether oxygens (including phenoxy) is 1. The Morgan fingerprint density at radius 3 is 2.61 bits per heavy atom. The molecule has 0 amide bonds. The largest absolute Gasteiger partial charge is 0.490 e. The van der Waals surface area contributed by atoms with Gasteiger partial charge in [0.1, 0.15) is 30.0 Å². The zero-order valence-corrected chi connectivity index (χ0v) is 12.7. The summed E-state index contributed by atoms with van der Waals surface area (Å²) < 4.78 is 5.97. The van der Waals surface area contributed by atoms with Gasteiger partial charge in [-0.1, -0.05) is 0 Å². The summed E-state index contributed by atoms with van der Waals surface area (Å²) >= 11 is 0. The molecule has 5 heteroatoms. The Bertz CT molecular complexity index is 714. The van der Waals surface area contributed by atoms with E-state index in [4.69, 9.17) is 4.74 Å². The lowest BCUT2D eigenvalue weighted by Gasteiger charge is -2.33. The fourth-order valence-electron chi connectivity index (χ4n) is 2.74. The Hall–Kier alpha value is -2.87. The van der Waals surface area contributed by atoms with Crippen LogP contribution in [-0.2, 0) is 0 Å². The van der Waals surface area contributed by atoms with E-state index in [0.717, 1.165) is 43.8 Å². The second-order valence-electron chi connectivity index (χ2n) is 5.48. The molecule has 0 saturated carbocycles. The fraction of sp³-hybridized carbons (Fsp3) is 0.278. The monoisotopic (exact) mass is 307 g/mol. The number of aromatic nitrogens is 1. The van der Waals surface area contributed by atoms with Crippen molar-refractivity contribution in [3.63, 3.8) is 0 Å². The summed E-state index contributed by atoms with van der Waals surface area (Å²) in [6, 6.07) is 12.9. The van der Waals surface area contributed by atoms with Crippen LogP contribution in [0.5, 0.6) is 5.75 Å². The maximum atomic E-state index is 10.7. The van der Waals surface area contributed by atoms with E-state index in [-0.39, 0.29) is 6.10 Å². The minimum Gasteiger partial charge on any atom is -0.490 e. The Morgan fingerprint density at radius 2 is 1.96 bits per heavy atom. The van der Waals surface area contributed by atoms with Gasteiger partial charge in [0, 0.05) is 37.7 Å². The van der Waals surface area contributed by atoms with Crippen LogP contribution in [0.1, 0.15) is 28.8 Å². The van der Waals surface area contributed by atoms with Gasteiger partial charge in [-0.25, -0.2) is 4.98 Å². The van der Waals surface area contributed by atoms with E-state index in [1.807, 2.05) is 12.1 Å². The van der Waals surface area contributed by atoms with Gasteiger partial charge in [0.15, 0.2) is 0 Å². The molecule has 3 rings (SSSR count). The highest BCUT2D eigenvalue weighted by molar-refractivity contribution is 5.74. The predicted octanol–water partition coefficient (Wildman–Crippen LogP) is 2.81. The van der Waals surface area contributed by atoms with Crippen molar-refractivity contribution in [1.29, 1.82) is 5.26 Å². The maximum absolute atomic E-state index is 10.7. The minimum atomic E-state index is 0.141. The van der Waals surface area contributed by atoms with E-state index in [9.17, 15) is 10.1 Å². The number of nitrogens with zero attached hydrogens (tertiary/aromatic N) is 3. The molecule has 0 unspecified atom stereocenters. The van der Waals surface area contributed by atoms with Crippen LogP contribution in [0.4, 0.5) is 5.82 Å². The van der Waals surface area contributed by atoms with E-state index in [2.05, 4.69) is 16.0 Å². The van der Waals surface area contributed by atoms with Crippen LogP contribution in [0.2, 0.25) is 0 Å². The quantitative estimate of drug-likeness (QED) is 0.813. The molecule has 0 atom stereocenters. The van der Waals surface area contributed by atoms with Gasteiger partial charge in [-0.2, -0.15) is 5.26 Å². The third-order valence-electron chi connectivity index (χ3n) is 3.97. The zero-order chi connectivity index (χ0) is 16.1. The van der Waals surface area contributed by atoms with Gasteiger partial charge in [-0.3, -0.25) is 4.79 Å². The molecule has 1 aromatic heterocycles. The van der Waals surface area contributed by atoms with E-state index < -0.39 is 0 Å². The molecule has 0 N–H and O–H groups in total. The average Bonchev–Trinajstić information content (AvgIpc) is 2.63. The van der Waals surface area contributed by atoms with Crippen LogP contribution >= 0.6 is 0 Å². The number of pyridine rings is 1. The number of piperidine rings is 1. The highest BCUT2D eigenvalue weighted by atomic mass is 16.5. The van der Waals surface area contributed by atoms with Crippen molar-refractivity contribution in [3.05, 3.63) is 53.7 Å². The molecular weight excluding hydrogens is 290 g/mol. The number of hydrogen-bond acceptors (Lipinski definition) is 5. The molecule has 1 aromatic carbocycles. The number of nitriles is 1. The van der Waals surface area contributed by atoms with Crippen molar-refractivity contribution in [3.8, 4) is 11.8 Å². The maximum Gasteiger partial charge on any atom is 0.150 e. The molecule has 0 spiro atoms. The molecule has 2 aromatic rings. The topological polar surface area (TPSA) is 66.2 Å².